The minimum absolute atomic E-state index is 0.0472. The number of anilines is 1. The summed E-state index contributed by atoms with van der Waals surface area (Å²) in [6.45, 7) is 1.67. The van der Waals surface area contributed by atoms with E-state index in [-0.39, 0.29) is 18.9 Å². The van der Waals surface area contributed by atoms with Crippen molar-refractivity contribution < 1.29 is 19.1 Å². The number of hydrogen-bond acceptors (Lipinski definition) is 5. The molecule has 0 unspecified atom stereocenters. The lowest BCUT2D eigenvalue weighted by Gasteiger charge is -2.40. The van der Waals surface area contributed by atoms with Gasteiger partial charge in [0.2, 0.25) is 5.91 Å². The van der Waals surface area contributed by atoms with Crippen LogP contribution in [0.25, 0.3) is 0 Å². The van der Waals surface area contributed by atoms with Crippen molar-refractivity contribution in [2.45, 2.75) is 25.8 Å². The number of carbonyl (C=O) groups excluding carboxylic acids is 2. The summed E-state index contributed by atoms with van der Waals surface area (Å²) in [4.78, 5) is 27.2. The second kappa shape index (κ2) is 8.57. The number of ether oxygens (including phenoxy) is 2. The van der Waals surface area contributed by atoms with Crippen molar-refractivity contribution in [2.24, 2.45) is 5.92 Å². The Labute approximate surface area is 164 Å². The number of rotatable bonds is 5. The molecule has 6 nitrogen and oxygen atoms in total. The van der Waals surface area contributed by atoms with Crippen molar-refractivity contribution in [3.8, 4) is 11.8 Å². The Morgan fingerprint density at radius 1 is 1.18 bits per heavy atom. The zero-order chi connectivity index (χ0) is 20.1. The molecule has 1 saturated heterocycles. The number of benzene rings is 2. The molecule has 144 valence electrons. The molecule has 6 heteroatoms. The lowest BCUT2D eigenvalue weighted by Crippen LogP contribution is -2.46. The van der Waals surface area contributed by atoms with E-state index in [1.807, 2.05) is 49.4 Å². The molecule has 0 spiro atoms. The molecule has 2 aromatic carbocycles. The molecule has 1 aliphatic rings. The molecular formula is C22H22N2O4. The van der Waals surface area contributed by atoms with Crippen molar-refractivity contribution in [1.29, 1.82) is 5.26 Å². The third kappa shape index (κ3) is 3.99. The first-order chi connectivity index (χ1) is 13.5. The van der Waals surface area contributed by atoms with Gasteiger partial charge in [0.15, 0.2) is 6.61 Å². The average Bonchev–Trinajstić information content (AvgIpc) is 2.72. The van der Waals surface area contributed by atoms with Gasteiger partial charge in [-0.15, -0.1) is 0 Å². The van der Waals surface area contributed by atoms with Crippen LogP contribution in [0.5, 0.6) is 5.75 Å². The first-order valence-electron chi connectivity index (χ1n) is 9.11. The molecule has 0 radical (unpaired) electrons. The second-order valence-corrected chi connectivity index (χ2v) is 6.73. The Morgan fingerprint density at radius 3 is 2.46 bits per heavy atom. The maximum Gasteiger partial charge on any atom is 0.312 e. The van der Waals surface area contributed by atoms with Gasteiger partial charge in [0.1, 0.15) is 11.8 Å². The Hall–Kier alpha value is -3.33. The Balaban J connectivity index is 2.05. The van der Waals surface area contributed by atoms with E-state index in [1.54, 1.807) is 24.1 Å². The van der Waals surface area contributed by atoms with E-state index in [0.29, 0.717) is 12.2 Å². The summed E-state index contributed by atoms with van der Waals surface area (Å²) < 4.78 is 10.3. The Bertz CT molecular complexity index is 884. The van der Waals surface area contributed by atoms with Crippen molar-refractivity contribution in [1.82, 2.24) is 0 Å². The fourth-order valence-corrected chi connectivity index (χ4v) is 3.54. The summed E-state index contributed by atoms with van der Waals surface area (Å²) >= 11 is 0. The molecule has 3 rings (SSSR count). The lowest BCUT2D eigenvalue weighted by atomic mass is 9.83. The SMILES string of the molecule is COc1ccc([C@@H]2[C@@H](C(=O)OCC#N)CCC(=O)N2c2ccc(C)cc2)cc1. The van der Waals surface area contributed by atoms with Gasteiger partial charge < -0.3 is 14.4 Å². The monoisotopic (exact) mass is 378 g/mol. The van der Waals surface area contributed by atoms with E-state index in [2.05, 4.69) is 0 Å². The van der Waals surface area contributed by atoms with Crippen LogP contribution in [0.15, 0.2) is 48.5 Å². The molecule has 1 amide bonds. The van der Waals surface area contributed by atoms with Crippen LogP contribution < -0.4 is 9.64 Å². The van der Waals surface area contributed by atoms with Crippen LogP contribution in [-0.4, -0.2) is 25.6 Å². The smallest absolute Gasteiger partial charge is 0.312 e. The van der Waals surface area contributed by atoms with Gasteiger partial charge in [-0.05, 0) is 43.2 Å². The van der Waals surface area contributed by atoms with Crippen LogP contribution in [0.4, 0.5) is 5.69 Å². The minimum atomic E-state index is -0.555. The third-order valence-electron chi connectivity index (χ3n) is 4.95. The van der Waals surface area contributed by atoms with Gasteiger partial charge in [-0.2, -0.15) is 5.26 Å². The number of nitriles is 1. The summed E-state index contributed by atoms with van der Waals surface area (Å²) in [5, 5.41) is 8.75. The van der Waals surface area contributed by atoms with Crippen LogP contribution >= 0.6 is 0 Å². The Morgan fingerprint density at radius 2 is 1.86 bits per heavy atom. The third-order valence-corrected chi connectivity index (χ3v) is 4.95. The van der Waals surface area contributed by atoms with Crippen LogP contribution in [-0.2, 0) is 14.3 Å². The molecule has 2 atom stereocenters. The zero-order valence-corrected chi connectivity index (χ0v) is 15.9. The van der Waals surface area contributed by atoms with Crippen LogP contribution in [0.3, 0.4) is 0 Å². The average molecular weight is 378 g/mol. The summed E-state index contributed by atoms with van der Waals surface area (Å²) in [6.07, 6.45) is 0.620. The molecule has 28 heavy (non-hydrogen) atoms. The molecule has 1 fully saturated rings. The Kier molecular flexibility index (Phi) is 5.95. The van der Waals surface area contributed by atoms with Crippen molar-refractivity contribution in [3.63, 3.8) is 0 Å². The van der Waals surface area contributed by atoms with Crippen molar-refractivity contribution >= 4 is 17.6 Å². The molecule has 2 aromatic rings. The highest BCUT2D eigenvalue weighted by molar-refractivity contribution is 5.97. The number of nitrogens with zero attached hydrogens (tertiary/aromatic N) is 2. The standard InChI is InChI=1S/C22H22N2O4/c1-15-3-7-17(8-4-15)24-20(25)12-11-19(22(26)28-14-13-23)21(24)16-5-9-18(27-2)10-6-16/h3-10,19,21H,11-12,14H2,1-2H3/t19-,21+/m0/s1. The number of piperidine rings is 1. The van der Waals surface area contributed by atoms with Gasteiger partial charge in [0.05, 0.1) is 19.1 Å². The van der Waals surface area contributed by atoms with Crippen LogP contribution in [0.2, 0.25) is 0 Å². The molecule has 1 aliphatic heterocycles. The normalized spacial score (nSPS) is 19.0. The number of hydrogen-bond donors (Lipinski definition) is 0. The molecule has 0 aromatic heterocycles. The van der Waals surface area contributed by atoms with Crippen molar-refractivity contribution in [2.75, 3.05) is 18.6 Å². The quantitative estimate of drug-likeness (QED) is 0.744. The van der Waals surface area contributed by atoms with Crippen LogP contribution in [0.1, 0.15) is 30.0 Å². The predicted octanol–water partition coefficient (Wildman–Crippen LogP) is 3.55. The number of amides is 1. The molecule has 0 aliphatic carbocycles. The number of carbonyl (C=O) groups is 2. The number of esters is 1. The topological polar surface area (TPSA) is 79.6 Å². The second-order valence-electron chi connectivity index (χ2n) is 6.73. The van der Waals surface area contributed by atoms with Gasteiger partial charge in [0, 0.05) is 12.1 Å². The fraction of sp³-hybridized carbons (Fsp3) is 0.318. The predicted molar refractivity (Wildman–Crippen MR) is 104 cm³/mol. The van der Waals surface area contributed by atoms with Gasteiger partial charge in [-0.1, -0.05) is 29.8 Å². The lowest BCUT2D eigenvalue weighted by molar-refractivity contribution is -0.149. The first kappa shape index (κ1) is 19.4. The maximum absolute atomic E-state index is 12.9. The minimum Gasteiger partial charge on any atom is -0.497 e. The van der Waals surface area contributed by atoms with Gasteiger partial charge >= 0.3 is 5.97 Å². The summed E-state index contributed by atoms with van der Waals surface area (Å²) in [5.74, 6) is -0.377. The molecular weight excluding hydrogens is 356 g/mol. The van der Waals surface area contributed by atoms with E-state index in [0.717, 1.165) is 16.8 Å². The first-order valence-corrected chi connectivity index (χ1v) is 9.11. The highest BCUT2D eigenvalue weighted by atomic mass is 16.5. The summed E-state index contributed by atoms with van der Waals surface area (Å²) in [7, 11) is 1.58. The molecule has 0 N–H and O–H groups in total. The highest BCUT2D eigenvalue weighted by Gasteiger charge is 2.42. The number of aryl methyl sites for hydroxylation is 1. The maximum atomic E-state index is 12.9. The summed E-state index contributed by atoms with van der Waals surface area (Å²) in [6, 6.07) is 16.3. The number of methoxy groups -OCH3 is 1. The van der Waals surface area contributed by atoms with Gasteiger partial charge in [-0.25, -0.2) is 0 Å². The van der Waals surface area contributed by atoms with Crippen molar-refractivity contribution in [3.05, 3.63) is 59.7 Å². The van der Waals surface area contributed by atoms with E-state index < -0.39 is 17.9 Å². The van der Waals surface area contributed by atoms with E-state index >= 15 is 0 Å². The van der Waals surface area contributed by atoms with Crippen LogP contribution in [0, 0.1) is 24.2 Å². The largest absolute Gasteiger partial charge is 0.497 e. The highest BCUT2D eigenvalue weighted by Crippen LogP contribution is 2.41. The molecule has 0 saturated carbocycles. The van der Waals surface area contributed by atoms with E-state index in [9.17, 15) is 9.59 Å². The van der Waals surface area contributed by atoms with Gasteiger partial charge in [0.25, 0.3) is 0 Å². The molecule has 1 heterocycles. The molecule has 0 bridgehead atoms. The fourth-order valence-electron chi connectivity index (χ4n) is 3.54. The zero-order valence-electron chi connectivity index (χ0n) is 15.9. The van der Waals surface area contributed by atoms with E-state index in [4.69, 9.17) is 14.7 Å². The van der Waals surface area contributed by atoms with Gasteiger partial charge in [-0.3, -0.25) is 9.59 Å². The van der Waals surface area contributed by atoms with E-state index in [1.165, 1.54) is 0 Å². The summed E-state index contributed by atoms with van der Waals surface area (Å²) in [5.41, 5.74) is 2.63.